The van der Waals surface area contributed by atoms with Crippen LogP contribution >= 0.6 is 0 Å². The summed E-state index contributed by atoms with van der Waals surface area (Å²) in [4.78, 5) is 40.4. The molecule has 1 aliphatic heterocycles. The molecule has 3 N–H and O–H groups in total. The summed E-state index contributed by atoms with van der Waals surface area (Å²) in [5, 5.41) is 17.2. The van der Waals surface area contributed by atoms with Gasteiger partial charge in [-0.1, -0.05) is 12.8 Å². The third-order valence-corrected chi connectivity index (χ3v) is 5.41. The number of nitrogens with one attached hydrogen (secondary N) is 3. The standard InChI is InChI=1S/C22H23N5O4/c28-21(19-14-23-20-10-9-17(27(30)31)13-18(19)20)24-15-5-7-16(8-6-15)25-22(29)26-11-3-1-2-4-12-26/h5-10,13-14,23H,1-4,11-12H2,(H,24,28)(H,25,29). The number of aromatic amines is 1. The summed E-state index contributed by atoms with van der Waals surface area (Å²) < 4.78 is 0. The van der Waals surface area contributed by atoms with E-state index in [0.717, 1.165) is 38.8 Å². The normalized spacial score (nSPS) is 14.1. The third-order valence-electron chi connectivity index (χ3n) is 5.41. The summed E-state index contributed by atoms with van der Waals surface area (Å²) in [5.41, 5.74) is 2.08. The first-order chi connectivity index (χ1) is 15.0. The van der Waals surface area contributed by atoms with E-state index in [-0.39, 0.29) is 17.6 Å². The number of H-pyrrole nitrogens is 1. The van der Waals surface area contributed by atoms with Crippen LogP contribution in [-0.4, -0.2) is 39.8 Å². The first-order valence-corrected chi connectivity index (χ1v) is 10.2. The molecular formula is C22H23N5O4. The molecule has 0 bridgehead atoms. The Hall–Kier alpha value is -3.88. The fourth-order valence-electron chi connectivity index (χ4n) is 3.72. The third kappa shape index (κ3) is 4.66. The van der Waals surface area contributed by atoms with Gasteiger partial charge in [0.2, 0.25) is 0 Å². The van der Waals surface area contributed by atoms with Gasteiger partial charge in [0.15, 0.2) is 0 Å². The number of anilines is 2. The van der Waals surface area contributed by atoms with Crippen molar-refractivity contribution in [3.05, 3.63) is 64.3 Å². The number of hydrogen-bond acceptors (Lipinski definition) is 4. The Balaban J connectivity index is 1.42. The van der Waals surface area contributed by atoms with Gasteiger partial charge in [0.05, 0.1) is 10.5 Å². The van der Waals surface area contributed by atoms with Crippen LogP contribution in [0.5, 0.6) is 0 Å². The number of non-ortho nitro benzene ring substituents is 1. The molecule has 1 aromatic heterocycles. The van der Waals surface area contributed by atoms with E-state index in [1.54, 1.807) is 30.3 Å². The van der Waals surface area contributed by atoms with Crippen molar-refractivity contribution in [3.8, 4) is 0 Å². The summed E-state index contributed by atoms with van der Waals surface area (Å²) in [6, 6.07) is 11.1. The van der Waals surface area contributed by atoms with E-state index in [0.29, 0.717) is 27.8 Å². The molecule has 1 saturated heterocycles. The maximum atomic E-state index is 12.7. The molecule has 0 atom stereocenters. The van der Waals surface area contributed by atoms with Gasteiger partial charge in [-0.3, -0.25) is 14.9 Å². The highest BCUT2D eigenvalue weighted by molar-refractivity contribution is 6.13. The molecule has 4 rings (SSSR count). The maximum Gasteiger partial charge on any atom is 0.321 e. The quantitative estimate of drug-likeness (QED) is 0.416. The van der Waals surface area contributed by atoms with Crippen molar-refractivity contribution in [2.75, 3.05) is 23.7 Å². The summed E-state index contributed by atoms with van der Waals surface area (Å²) >= 11 is 0. The zero-order chi connectivity index (χ0) is 21.8. The Kier molecular flexibility index (Phi) is 5.83. The number of fused-ring (bicyclic) bond motifs is 1. The minimum Gasteiger partial charge on any atom is -0.360 e. The number of carbonyl (C=O) groups excluding carboxylic acids is 2. The van der Waals surface area contributed by atoms with Crippen LogP contribution in [0.2, 0.25) is 0 Å². The molecule has 0 unspecified atom stereocenters. The second-order valence-electron chi connectivity index (χ2n) is 7.55. The van der Waals surface area contributed by atoms with Crippen LogP contribution in [0, 0.1) is 10.1 Å². The maximum absolute atomic E-state index is 12.7. The molecule has 9 nitrogen and oxygen atoms in total. The van der Waals surface area contributed by atoms with Gasteiger partial charge in [-0.2, -0.15) is 0 Å². The highest BCUT2D eigenvalue weighted by atomic mass is 16.6. The molecule has 3 aromatic rings. The second-order valence-corrected chi connectivity index (χ2v) is 7.55. The van der Waals surface area contributed by atoms with Crippen LogP contribution in [0.4, 0.5) is 21.9 Å². The SMILES string of the molecule is O=C(Nc1ccc(NC(=O)N2CCCCCC2)cc1)c1c[nH]c2ccc([N+](=O)[O-])cc12. The van der Waals surface area contributed by atoms with Gasteiger partial charge < -0.3 is 20.5 Å². The zero-order valence-electron chi connectivity index (χ0n) is 16.9. The van der Waals surface area contributed by atoms with Crippen molar-refractivity contribution in [2.45, 2.75) is 25.7 Å². The Labute approximate surface area is 178 Å². The van der Waals surface area contributed by atoms with Crippen molar-refractivity contribution in [3.63, 3.8) is 0 Å². The summed E-state index contributed by atoms with van der Waals surface area (Å²) in [7, 11) is 0. The summed E-state index contributed by atoms with van der Waals surface area (Å²) in [6.45, 7) is 1.53. The van der Waals surface area contributed by atoms with Crippen molar-refractivity contribution in [1.29, 1.82) is 0 Å². The number of nitro groups is 1. The van der Waals surface area contributed by atoms with Gasteiger partial charge in [-0.05, 0) is 43.2 Å². The highest BCUT2D eigenvalue weighted by Crippen LogP contribution is 2.25. The lowest BCUT2D eigenvalue weighted by molar-refractivity contribution is -0.384. The van der Waals surface area contributed by atoms with Crippen LogP contribution in [0.3, 0.4) is 0 Å². The van der Waals surface area contributed by atoms with Gasteiger partial charge in [0.25, 0.3) is 11.6 Å². The van der Waals surface area contributed by atoms with Crippen LogP contribution in [0.15, 0.2) is 48.7 Å². The molecule has 160 valence electrons. The molecule has 1 aliphatic rings. The zero-order valence-corrected chi connectivity index (χ0v) is 16.9. The second kappa shape index (κ2) is 8.86. The molecule has 0 aliphatic carbocycles. The number of nitrogens with zero attached hydrogens (tertiary/aromatic N) is 2. The van der Waals surface area contributed by atoms with Gasteiger partial charge in [-0.15, -0.1) is 0 Å². The van der Waals surface area contributed by atoms with Crippen LogP contribution in [-0.2, 0) is 0 Å². The average Bonchev–Trinajstić information content (AvgIpc) is 2.99. The first-order valence-electron chi connectivity index (χ1n) is 10.2. The van der Waals surface area contributed by atoms with E-state index in [4.69, 9.17) is 0 Å². The van der Waals surface area contributed by atoms with E-state index in [9.17, 15) is 19.7 Å². The van der Waals surface area contributed by atoms with Gasteiger partial charge in [0.1, 0.15) is 0 Å². The van der Waals surface area contributed by atoms with E-state index in [2.05, 4.69) is 15.6 Å². The Morgan fingerprint density at radius 1 is 0.935 bits per heavy atom. The number of carbonyl (C=O) groups is 2. The summed E-state index contributed by atoms with van der Waals surface area (Å²) in [5.74, 6) is -0.381. The molecule has 31 heavy (non-hydrogen) atoms. The molecule has 2 heterocycles. The number of benzene rings is 2. The lowest BCUT2D eigenvalue weighted by Gasteiger charge is -2.20. The predicted octanol–water partition coefficient (Wildman–Crippen LogP) is 4.74. The Morgan fingerprint density at radius 2 is 1.58 bits per heavy atom. The molecular weight excluding hydrogens is 398 g/mol. The van der Waals surface area contributed by atoms with Crippen LogP contribution in [0.1, 0.15) is 36.0 Å². The molecule has 3 amide bonds. The van der Waals surface area contributed by atoms with E-state index in [1.807, 2.05) is 4.90 Å². The van der Waals surface area contributed by atoms with E-state index < -0.39 is 4.92 Å². The number of nitro benzene ring substituents is 1. The van der Waals surface area contributed by atoms with Crippen LogP contribution in [0.25, 0.3) is 10.9 Å². The van der Waals surface area contributed by atoms with E-state index >= 15 is 0 Å². The fraction of sp³-hybridized carbons (Fsp3) is 0.273. The molecule has 0 radical (unpaired) electrons. The first kappa shape index (κ1) is 20.4. The molecule has 1 fully saturated rings. The fourth-order valence-corrected chi connectivity index (χ4v) is 3.72. The minimum absolute atomic E-state index is 0.0781. The predicted molar refractivity (Wildman–Crippen MR) is 118 cm³/mol. The molecule has 0 spiro atoms. The lowest BCUT2D eigenvalue weighted by Crippen LogP contribution is -2.35. The highest BCUT2D eigenvalue weighted by Gasteiger charge is 2.17. The largest absolute Gasteiger partial charge is 0.360 e. The number of aromatic nitrogens is 1. The lowest BCUT2D eigenvalue weighted by atomic mass is 10.1. The smallest absolute Gasteiger partial charge is 0.321 e. The van der Waals surface area contributed by atoms with Gasteiger partial charge in [-0.25, -0.2) is 4.79 Å². The average molecular weight is 421 g/mol. The van der Waals surface area contributed by atoms with Gasteiger partial charge in [0, 0.05) is 53.7 Å². The Morgan fingerprint density at radius 3 is 2.23 bits per heavy atom. The van der Waals surface area contributed by atoms with Crippen LogP contribution < -0.4 is 10.6 Å². The molecule has 9 heteroatoms. The van der Waals surface area contributed by atoms with E-state index in [1.165, 1.54) is 18.3 Å². The monoisotopic (exact) mass is 421 g/mol. The Bertz CT molecular complexity index is 1110. The molecule has 0 saturated carbocycles. The number of amides is 3. The molecule has 2 aromatic carbocycles. The number of rotatable bonds is 4. The van der Waals surface area contributed by atoms with Crippen molar-refractivity contribution >= 4 is 39.9 Å². The van der Waals surface area contributed by atoms with Crippen molar-refractivity contribution < 1.29 is 14.5 Å². The van der Waals surface area contributed by atoms with Gasteiger partial charge >= 0.3 is 6.03 Å². The number of hydrogen-bond donors (Lipinski definition) is 3. The topological polar surface area (TPSA) is 120 Å². The van der Waals surface area contributed by atoms with Crippen molar-refractivity contribution in [1.82, 2.24) is 9.88 Å². The number of likely N-dealkylation sites (tertiary alicyclic amines) is 1. The minimum atomic E-state index is -0.493. The number of urea groups is 1. The van der Waals surface area contributed by atoms with Crippen molar-refractivity contribution in [2.24, 2.45) is 0 Å². The summed E-state index contributed by atoms with van der Waals surface area (Å²) in [6.07, 6.45) is 5.88.